The fourth-order valence-corrected chi connectivity index (χ4v) is 3.48. The second-order valence-electron chi connectivity index (χ2n) is 6.31. The standard InChI is InChI=1S/C19H22N2O2S/c1-4-5-17-10-16-11-18(24(3,22)23)12-20-19(16)21(17)13-15-8-6-14(2)7-9-15/h6-12H,4-5,13H2,1-3H3. The molecule has 0 amide bonds. The van der Waals surface area contributed by atoms with E-state index < -0.39 is 9.84 Å². The molecule has 0 unspecified atom stereocenters. The molecular formula is C19H22N2O2S. The number of fused-ring (bicyclic) bond motifs is 1. The maximum atomic E-state index is 11.8. The minimum absolute atomic E-state index is 0.269. The molecule has 0 atom stereocenters. The van der Waals surface area contributed by atoms with Crippen molar-refractivity contribution in [3.63, 3.8) is 0 Å². The molecule has 0 fully saturated rings. The van der Waals surface area contributed by atoms with Gasteiger partial charge in [0.1, 0.15) is 5.65 Å². The zero-order chi connectivity index (χ0) is 17.3. The van der Waals surface area contributed by atoms with Gasteiger partial charge in [0.05, 0.1) is 4.90 Å². The molecule has 126 valence electrons. The summed E-state index contributed by atoms with van der Waals surface area (Å²) in [5.41, 5.74) is 4.47. The fraction of sp³-hybridized carbons (Fsp3) is 0.316. The molecule has 3 aromatic rings. The third-order valence-corrected chi connectivity index (χ3v) is 5.27. The van der Waals surface area contributed by atoms with Crippen LogP contribution in [0.15, 0.2) is 47.5 Å². The molecule has 5 heteroatoms. The van der Waals surface area contributed by atoms with Crippen LogP contribution in [-0.2, 0) is 22.8 Å². The molecule has 0 radical (unpaired) electrons. The highest BCUT2D eigenvalue weighted by Gasteiger charge is 2.14. The molecular weight excluding hydrogens is 320 g/mol. The Morgan fingerprint density at radius 3 is 2.46 bits per heavy atom. The summed E-state index contributed by atoms with van der Waals surface area (Å²) in [5.74, 6) is 0. The Morgan fingerprint density at radius 2 is 1.83 bits per heavy atom. The highest BCUT2D eigenvalue weighted by Crippen LogP contribution is 2.23. The van der Waals surface area contributed by atoms with Crippen LogP contribution in [0.5, 0.6) is 0 Å². The van der Waals surface area contributed by atoms with Gasteiger partial charge in [-0.15, -0.1) is 0 Å². The summed E-state index contributed by atoms with van der Waals surface area (Å²) in [5, 5.41) is 0.883. The highest BCUT2D eigenvalue weighted by molar-refractivity contribution is 7.90. The molecule has 0 aliphatic carbocycles. The van der Waals surface area contributed by atoms with Gasteiger partial charge >= 0.3 is 0 Å². The van der Waals surface area contributed by atoms with Crippen molar-refractivity contribution in [1.29, 1.82) is 0 Å². The van der Waals surface area contributed by atoms with Crippen molar-refractivity contribution in [3.8, 4) is 0 Å². The summed E-state index contributed by atoms with van der Waals surface area (Å²) in [6, 6.07) is 12.3. The van der Waals surface area contributed by atoms with E-state index in [1.807, 2.05) is 0 Å². The molecule has 2 aromatic heterocycles. The number of hydrogen-bond acceptors (Lipinski definition) is 3. The predicted molar refractivity (Wildman–Crippen MR) is 97.1 cm³/mol. The number of aromatic nitrogens is 2. The molecule has 24 heavy (non-hydrogen) atoms. The Bertz CT molecular complexity index is 971. The second-order valence-corrected chi connectivity index (χ2v) is 8.33. The number of sulfone groups is 1. The average molecular weight is 342 g/mol. The van der Waals surface area contributed by atoms with Crippen LogP contribution in [0.4, 0.5) is 0 Å². The van der Waals surface area contributed by atoms with Crippen LogP contribution < -0.4 is 0 Å². The van der Waals surface area contributed by atoms with E-state index >= 15 is 0 Å². The second kappa shape index (κ2) is 6.40. The topological polar surface area (TPSA) is 52.0 Å². The summed E-state index contributed by atoms with van der Waals surface area (Å²) in [6.45, 7) is 4.96. The van der Waals surface area contributed by atoms with Crippen LogP contribution in [0.1, 0.15) is 30.2 Å². The molecule has 1 aromatic carbocycles. The van der Waals surface area contributed by atoms with Gasteiger partial charge in [-0.3, -0.25) is 0 Å². The lowest BCUT2D eigenvalue weighted by molar-refractivity contribution is 0.601. The predicted octanol–water partition coefficient (Wildman–Crippen LogP) is 3.75. The Labute approximate surface area is 143 Å². The van der Waals surface area contributed by atoms with Gasteiger partial charge in [0.15, 0.2) is 9.84 Å². The van der Waals surface area contributed by atoms with Gasteiger partial charge in [0.2, 0.25) is 0 Å². The van der Waals surface area contributed by atoms with E-state index in [1.54, 1.807) is 6.07 Å². The number of aryl methyl sites for hydroxylation is 2. The summed E-state index contributed by atoms with van der Waals surface area (Å²) >= 11 is 0. The van der Waals surface area contributed by atoms with Gasteiger partial charge in [-0.25, -0.2) is 13.4 Å². The molecule has 3 rings (SSSR count). The summed E-state index contributed by atoms with van der Waals surface area (Å²) in [6.07, 6.45) is 4.64. The van der Waals surface area contributed by atoms with Crippen LogP contribution >= 0.6 is 0 Å². The smallest absolute Gasteiger partial charge is 0.177 e. The Balaban J connectivity index is 2.10. The number of pyridine rings is 1. The van der Waals surface area contributed by atoms with Crippen molar-refractivity contribution in [1.82, 2.24) is 9.55 Å². The Kier molecular flexibility index (Phi) is 4.45. The molecule has 0 saturated carbocycles. The molecule has 0 aliphatic heterocycles. The third kappa shape index (κ3) is 3.36. The minimum Gasteiger partial charge on any atom is -0.325 e. The average Bonchev–Trinajstić information content (AvgIpc) is 2.86. The van der Waals surface area contributed by atoms with Gasteiger partial charge in [-0.1, -0.05) is 43.2 Å². The largest absolute Gasteiger partial charge is 0.325 e. The van der Waals surface area contributed by atoms with Gasteiger partial charge in [0.25, 0.3) is 0 Å². The van der Waals surface area contributed by atoms with Crippen LogP contribution in [0.2, 0.25) is 0 Å². The number of hydrogen-bond donors (Lipinski definition) is 0. The van der Waals surface area contributed by atoms with Crippen molar-refractivity contribution in [2.24, 2.45) is 0 Å². The van der Waals surface area contributed by atoms with Crippen molar-refractivity contribution >= 4 is 20.9 Å². The van der Waals surface area contributed by atoms with E-state index in [2.05, 4.69) is 53.7 Å². The number of nitrogens with zero attached hydrogens (tertiary/aromatic N) is 2. The Morgan fingerprint density at radius 1 is 1.12 bits per heavy atom. The maximum Gasteiger partial charge on any atom is 0.177 e. The van der Waals surface area contributed by atoms with Crippen LogP contribution in [-0.4, -0.2) is 24.2 Å². The lowest BCUT2D eigenvalue weighted by Gasteiger charge is -2.10. The molecule has 0 spiro atoms. The lowest BCUT2D eigenvalue weighted by Crippen LogP contribution is -2.05. The number of benzene rings is 1. The summed E-state index contributed by atoms with van der Waals surface area (Å²) < 4.78 is 25.7. The van der Waals surface area contributed by atoms with Gasteiger partial charge in [0, 0.05) is 30.1 Å². The normalized spacial score (nSPS) is 12.0. The molecule has 0 aliphatic rings. The van der Waals surface area contributed by atoms with Crippen molar-refractivity contribution in [2.75, 3.05) is 6.26 Å². The highest BCUT2D eigenvalue weighted by atomic mass is 32.2. The van der Waals surface area contributed by atoms with E-state index in [0.717, 1.165) is 30.4 Å². The van der Waals surface area contributed by atoms with E-state index in [4.69, 9.17) is 0 Å². The number of rotatable bonds is 5. The molecule has 0 N–H and O–H groups in total. The summed E-state index contributed by atoms with van der Waals surface area (Å²) in [4.78, 5) is 4.72. The van der Waals surface area contributed by atoms with E-state index in [9.17, 15) is 8.42 Å². The van der Waals surface area contributed by atoms with Crippen molar-refractivity contribution in [3.05, 3.63) is 59.4 Å². The quantitative estimate of drug-likeness (QED) is 0.709. The zero-order valence-corrected chi connectivity index (χ0v) is 15.1. The van der Waals surface area contributed by atoms with Crippen molar-refractivity contribution < 1.29 is 8.42 Å². The van der Waals surface area contributed by atoms with E-state index in [-0.39, 0.29) is 4.90 Å². The monoisotopic (exact) mass is 342 g/mol. The van der Waals surface area contributed by atoms with Crippen molar-refractivity contribution in [2.45, 2.75) is 38.1 Å². The Hall–Kier alpha value is -2.14. The van der Waals surface area contributed by atoms with Gasteiger partial charge in [-0.05, 0) is 31.0 Å². The molecule has 4 nitrogen and oxygen atoms in total. The molecule has 0 bridgehead atoms. The zero-order valence-electron chi connectivity index (χ0n) is 14.3. The van der Waals surface area contributed by atoms with Gasteiger partial charge < -0.3 is 4.57 Å². The van der Waals surface area contributed by atoms with E-state index in [0.29, 0.717) is 0 Å². The maximum absolute atomic E-state index is 11.8. The first-order valence-electron chi connectivity index (χ1n) is 8.12. The molecule has 2 heterocycles. The van der Waals surface area contributed by atoms with Crippen LogP contribution in [0.25, 0.3) is 11.0 Å². The van der Waals surface area contributed by atoms with Crippen LogP contribution in [0.3, 0.4) is 0 Å². The first kappa shape index (κ1) is 16.7. The van der Waals surface area contributed by atoms with E-state index in [1.165, 1.54) is 29.3 Å². The molecule has 0 saturated heterocycles. The fourth-order valence-electron chi connectivity index (χ4n) is 2.90. The lowest BCUT2D eigenvalue weighted by atomic mass is 10.1. The van der Waals surface area contributed by atoms with Crippen LogP contribution in [0, 0.1) is 6.92 Å². The SMILES string of the molecule is CCCc1cc2cc(S(C)(=O)=O)cnc2n1Cc1ccc(C)cc1. The van der Waals surface area contributed by atoms with Gasteiger partial charge in [-0.2, -0.15) is 0 Å². The minimum atomic E-state index is -3.25. The third-order valence-electron chi connectivity index (χ3n) is 4.19. The first-order chi connectivity index (χ1) is 11.4. The first-order valence-corrected chi connectivity index (χ1v) is 10.0. The summed E-state index contributed by atoms with van der Waals surface area (Å²) in [7, 11) is -3.25.